The van der Waals surface area contributed by atoms with E-state index >= 15 is 0 Å². The molecule has 1 heterocycles. The van der Waals surface area contributed by atoms with Crippen molar-refractivity contribution < 1.29 is 0 Å². The van der Waals surface area contributed by atoms with Crippen LogP contribution in [-0.2, 0) is 0 Å². The van der Waals surface area contributed by atoms with Crippen LogP contribution in [0, 0.1) is 0 Å². The fourth-order valence-corrected chi connectivity index (χ4v) is 3.13. The minimum Gasteiger partial charge on any atom is -0.314 e. The first kappa shape index (κ1) is 15.5. The largest absolute Gasteiger partial charge is 0.314 e. The maximum absolute atomic E-state index is 3.78. The van der Waals surface area contributed by atoms with E-state index in [2.05, 4.69) is 54.4 Å². The van der Waals surface area contributed by atoms with Crippen LogP contribution < -0.4 is 5.32 Å². The summed E-state index contributed by atoms with van der Waals surface area (Å²) in [6.07, 6.45) is 5.24. The van der Waals surface area contributed by atoms with E-state index in [1.165, 1.54) is 50.9 Å². The maximum atomic E-state index is 3.78. The third-order valence-electron chi connectivity index (χ3n) is 4.65. The second kappa shape index (κ2) is 8.43. The Balaban J connectivity index is 1.68. The fraction of sp³-hybridized carbons (Fsp3) is 0.667. The molecule has 0 aliphatic carbocycles. The number of hydrogen-bond acceptors (Lipinski definition) is 2. The monoisotopic (exact) mass is 274 g/mol. The highest BCUT2D eigenvalue weighted by atomic mass is 15.1. The number of benzene rings is 1. The number of nitrogens with zero attached hydrogens (tertiary/aromatic N) is 1. The Hall–Kier alpha value is -0.860. The molecular weight excluding hydrogens is 244 g/mol. The van der Waals surface area contributed by atoms with Gasteiger partial charge in [0.25, 0.3) is 0 Å². The molecule has 2 unspecified atom stereocenters. The first-order chi connectivity index (χ1) is 9.79. The molecule has 1 aromatic rings. The lowest BCUT2D eigenvalue weighted by molar-refractivity contribution is 0.297. The van der Waals surface area contributed by atoms with Crippen molar-refractivity contribution in [2.24, 2.45) is 0 Å². The molecule has 0 saturated carbocycles. The molecular formula is C18H30N2. The van der Waals surface area contributed by atoms with Crippen molar-refractivity contribution in [1.82, 2.24) is 10.2 Å². The van der Waals surface area contributed by atoms with Crippen molar-refractivity contribution in [2.75, 3.05) is 26.2 Å². The summed E-state index contributed by atoms with van der Waals surface area (Å²) >= 11 is 0. The summed E-state index contributed by atoms with van der Waals surface area (Å²) in [5.41, 5.74) is 1.47. The van der Waals surface area contributed by atoms with Gasteiger partial charge in [-0.1, -0.05) is 44.2 Å². The molecule has 0 amide bonds. The Morgan fingerprint density at radius 3 is 2.75 bits per heavy atom. The van der Waals surface area contributed by atoms with Gasteiger partial charge in [0, 0.05) is 6.04 Å². The van der Waals surface area contributed by atoms with E-state index in [0.29, 0.717) is 5.92 Å². The van der Waals surface area contributed by atoms with Crippen LogP contribution in [0.1, 0.15) is 51.0 Å². The van der Waals surface area contributed by atoms with Crippen molar-refractivity contribution in [3.05, 3.63) is 35.9 Å². The zero-order valence-electron chi connectivity index (χ0n) is 13.1. The topological polar surface area (TPSA) is 15.3 Å². The lowest BCUT2D eigenvalue weighted by Crippen LogP contribution is -2.32. The van der Waals surface area contributed by atoms with Gasteiger partial charge >= 0.3 is 0 Å². The quantitative estimate of drug-likeness (QED) is 0.852. The molecule has 0 aromatic heterocycles. The zero-order chi connectivity index (χ0) is 14.2. The van der Waals surface area contributed by atoms with Gasteiger partial charge in [-0.15, -0.1) is 0 Å². The van der Waals surface area contributed by atoms with Crippen LogP contribution in [-0.4, -0.2) is 37.1 Å². The van der Waals surface area contributed by atoms with Crippen molar-refractivity contribution in [2.45, 2.75) is 51.5 Å². The van der Waals surface area contributed by atoms with E-state index in [1.54, 1.807) is 0 Å². The molecule has 112 valence electrons. The van der Waals surface area contributed by atoms with Crippen LogP contribution in [0.15, 0.2) is 30.3 Å². The molecule has 2 rings (SSSR count). The molecule has 0 spiro atoms. The predicted molar refractivity (Wildman–Crippen MR) is 87.2 cm³/mol. The molecule has 2 heteroatoms. The van der Waals surface area contributed by atoms with Crippen molar-refractivity contribution >= 4 is 0 Å². The second-order valence-electron chi connectivity index (χ2n) is 6.12. The minimum atomic E-state index is 0.654. The summed E-state index contributed by atoms with van der Waals surface area (Å²) in [5.74, 6) is 0.654. The summed E-state index contributed by atoms with van der Waals surface area (Å²) in [5, 5.41) is 3.78. The number of nitrogens with one attached hydrogen (secondary N) is 1. The summed E-state index contributed by atoms with van der Waals surface area (Å²) < 4.78 is 0. The zero-order valence-corrected chi connectivity index (χ0v) is 13.1. The highest BCUT2D eigenvalue weighted by Crippen LogP contribution is 2.18. The minimum absolute atomic E-state index is 0.654. The van der Waals surface area contributed by atoms with Gasteiger partial charge in [0.2, 0.25) is 0 Å². The van der Waals surface area contributed by atoms with E-state index in [4.69, 9.17) is 0 Å². The standard InChI is InChI=1S/C18H30N2/c1-3-20-14-7-10-18(12-15-20)19-13-11-16(2)17-8-5-4-6-9-17/h4-6,8-9,16,18-19H,3,7,10-15H2,1-2H3. The van der Waals surface area contributed by atoms with Crippen LogP contribution in [0.25, 0.3) is 0 Å². The van der Waals surface area contributed by atoms with Gasteiger partial charge < -0.3 is 10.2 Å². The van der Waals surface area contributed by atoms with Gasteiger partial charge in [0.05, 0.1) is 0 Å². The van der Waals surface area contributed by atoms with Gasteiger partial charge in [0.1, 0.15) is 0 Å². The molecule has 1 aliphatic rings. The Morgan fingerprint density at radius 2 is 2.00 bits per heavy atom. The molecule has 20 heavy (non-hydrogen) atoms. The van der Waals surface area contributed by atoms with Crippen molar-refractivity contribution in [3.8, 4) is 0 Å². The summed E-state index contributed by atoms with van der Waals surface area (Å²) in [7, 11) is 0. The third kappa shape index (κ3) is 4.92. The molecule has 1 aliphatic heterocycles. The average molecular weight is 274 g/mol. The Bertz CT molecular complexity index is 363. The van der Waals surface area contributed by atoms with Gasteiger partial charge in [-0.25, -0.2) is 0 Å². The normalized spacial score (nSPS) is 22.4. The van der Waals surface area contributed by atoms with Gasteiger partial charge in [-0.2, -0.15) is 0 Å². The molecule has 1 aromatic carbocycles. The SMILES string of the molecule is CCN1CCCC(NCCC(C)c2ccccc2)CC1. The van der Waals surface area contributed by atoms with Crippen LogP contribution in [0.2, 0.25) is 0 Å². The van der Waals surface area contributed by atoms with E-state index in [-0.39, 0.29) is 0 Å². The lowest BCUT2D eigenvalue weighted by Gasteiger charge is -2.19. The summed E-state index contributed by atoms with van der Waals surface area (Å²) in [4.78, 5) is 2.58. The highest BCUT2D eigenvalue weighted by molar-refractivity contribution is 5.18. The van der Waals surface area contributed by atoms with E-state index in [9.17, 15) is 0 Å². The second-order valence-corrected chi connectivity index (χ2v) is 6.12. The van der Waals surface area contributed by atoms with E-state index < -0.39 is 0 Å². The highest BCUT2D eigenvalue weighted by Gasteiger charge is 2.15. The molecule has 0 bridgehead atoms. The molecule has 1 N–H and O–H groups in total. The number of hydrogen-bond donors (Lipinski definition) is 1. The Kier molecular flexibility index (Phi) is 6.55. The summed E-state index contributed by atoms with van der Waals surface area (Å²) in [6.45, 7) is 9.51. The fourth-order valence-electron chi connectivity index (χ4n) is 3.13. The Morgan fingerprint density at radius 1 is 1.20 bits per heavy atom. The molecule has 1 fully saturated rings. The molecule has 2 atom stereocenters. The Labute approximate surface area is 124 Å². The van der Waals surface area contributed by atoms with Gasteiger partial charge in [0.15, 0.2) is 0 Å². The van der Waals surface area contributed by atoms with Crippen molar-refractivity contribution in [1.29, 1.82) is 0 Å². The molecule has 2 nitrogen and oxygen atoms in total. The van der Waals surface area contributed by atoms with Gasteiger partial charge in [-0.05, 0) is 63.3 Å². The lowest BCUT2D eigenvalue weighted by atomic mass is 9.97. The van der Waals surface area contributed by atoms with Gasteiger partial charge in [-0.3, -0.25) is 0 Å². The van der Waals surface area contributed by atoms with Crippen LogP contribution in [0.4, 0.5) is 0 Å². The first-order valence-corrected chi connectivity index (χ1v) is 8.30. The van der Waals surface area contributed by atoms with Crippen LogP contribution >= 0.6 is 0 Å². The predicted octanol–water partition coefficient (Wildman–Crippen LogP) is 3.64. The molecule has 1 saturated heterocycles. The van der Waals surface area contributed by atoms with Crippen LogP contribution in [0.5, 0.6) is 0 Å². The molecule has 0 radical (unpaired) electrons. The average Bonchev–Trinajstić information content (AvgIpc) is 2.73. The van der Waals surface area contributed by atoms with Crippen molar-refractivity contribution in [3.63, 3.8) is 0 Å². The number of rotatable bonds is 6. The summed E-state index contributed by atoms with van der Waals surface area (Å²) in [6, 6.07) is 11.6. The first-order valence-electron chi connectivity index (χ1n) is 8.30. The van der Waals surface area contributed by atoms with E-state index in [1.807, 2.05) is 0 Å². The third-order valence-corrected chi connectivity index (χ3v) is 4.65. The van der Waals surface area contributed by atoms with E-state index in [0.717, 1.165) is 12.6 Å². The smallest absolute Gasteiger partial charge is 0.00797 e. The van der Waals surface area contributed by atoms with Crippen LogP contribution in [0.3, 0.4) is 0 Å². The number of likely N-dealkylation sites (tertiary alicyclic amines) is 1. The maximum Gasteiger partial charge on any atom is 0.00797 e.